The van der Waals surface area contributed by atoms with E-state index in [0.29, 0.717) is 47.8 Å². The molecule has 4 aliphatic rings. The van der Waals surface area contributed by atoms with Crippen molar-refractivity contribution in [1.82, 2.24) is 19.8 Å². The van der Waals surface area contributed by atoms with Crippen LogP contribution in [-0.4, -0.2) is 90.7 Å². The quantitative estimate of drug-likeness (QED) is 0.145. The summed E-state index contributed by atoms with van der Waals surface area (Å²) in [5, 5.41) is 8.03. The first kappa shape index (κ1) is 36.7. The summed E-state index contributed by atoms with van der Waals surface area (Å²) >= 11 is 0. The molecule has 3 aromatic carbocycles. The lowest BCUT2D eigenvalue weighted by atomic mass is 10.0. The number of methoxy groups -OCH3 is 1. The van der Waals surface area contributed by atoms with Gasteiger partial charge in [0, 0.05) is 76.0 Å². The zero-order valence-electron chi connectivity index (χ0n) is 30.9. The summed E-state index contributed by atoms with van der Waals surface area (Å²) in [5.41, 5.74) is 2.84. The van der Waals surface area contributed by atoms with Gasteiger partial charge in [0.05, 0.1) is 36.8 Å². The molecule has 4 aromatic rings. The Morgan fingerprint density at radius 2 is 1.64 bits per heavy atom. The Labute approximate surface area is 319 Å². The predicted molar refractivity (Wildman–Crippen MR) is 207 cm³/mol. The van der Waals surface area contributed by atoms with Crippen LogP contribution in [-0.2, 0) is 9.63 Å². The van der Waals surface area contributed by atoms with E-state index in [1.165, 1.54) is 49.5 Å². The van der Waals surface area contributed by atoms with Gasteiger partial charge in [-0.1, -0.05) is 18.7 Å². The molecule has 2 N–H and O–H groups in total. The van der Waals surface area contributed by atoms with Crippen LogP contribution in [0.4, 0.5) is 37.5 Å². The Kier molecular flexibility index (Phi) is 10.8. The van der Waals surface area contributed by atoms with Crippen LogP contribution < -0.4 is 30.1 Å². The highest BCUT2D eigenvalue weighted by atomic mass is 19.1. The van der Waals surface area contributed by atoms with Crippen LogP contribution in [0.25, 0.3) is 0 Å². The van der Waals surface area contributed by atoms with Gasteiger partial charge in [0.2, 0.25) is 5.91 Å². The molecule has 4 heterocycles. The van der Waals surface area contributed by atoms with Crippen molar-refractivity contribution in [3.63, 3.8) is 0 Å². The average Bonchev–Trinajstić information content (AvgIpc) is 3.95. The minimum Gasteiger partial charge on any atom is -0.494 e. The number of hydrogen-bond donors (Lipinski definition) is 2. The van der Waals surface area contributed by atoms with Crippen molar-refractivity contribution < 1.29 is 27.9 Å². The number of carbonyl (C=O) groups is 1. The molecule has 288 valence electrons. The number of hydrogen-bond acceptors (Lipinski definition) is 11. The number of hydroxylamine groups is 1. The molecule has 0 unspecified atom stereocenters. The Balaban J connectivity index is 0.986. The molecule has 1 aromatic heterocycles. The molecule has 8 rings (SSSR count). The van der Waals surface area contributed by atoms with Gasteiger partial charge >= 0.3 is 0 Å². The number of benzene rings is 3. The van der Waals surface area contributed by atoms with Gasteiger partial charge in [0.15, 0.2) is 17.4 Å². The number of carbonyl (C=O) groups excluding carboxylic acids is 1. The summed E-state index contributed by atoms with van der Waals surface area (Å²) in [6.45, 7) is 10.4. The van der Waals surface area contributed by atoms with E-state index in [-0.39, 0.29) is 23.4 Å². The first-order chi connectivity index (χ1) is 26.8. The number of piperidine rings is 1. The molecule has 12 nitrogen and oxygen atoms in total. The average molecular weight is 753 g/mol. The standard InChI is InChI=1S/C41H46F2N8O4/c1-3-41(52)47-33-23-34(38(53-2)24-36(33)50-14-11-30(12-15-50)49-18-16-48(17-19-49)29-8-9-29)46-39-25-40(45-26-44-39)51-35(13-20-54-51)27-7-10-32(43)37(21-27)55-31-6-4-5-28(42)22-31/h3-7,10,21-26,29-30,35H,1,8-9,11-20H2,2H3,(H,47,52)(H,44,45,46)/t35-/m1/s1. The number of aromatic nitrogens is 2. The van der Waals surface area contributed by atoms with Gasteiger partial charge < -0.3 is 25.0 Å². The van der Waals surface area contributed by atoms with E-state index in [2.05, 4.69) is 41.9 Å². The van der Waals surface area contributed by atoms with Crippen LogP contribution in [0.15, 0.2) is 79.6 Å². The lowest BCUT2D eigenvalue weighted by molar-refractivity contribution is -0.111. The molecule has 3 saturated heterocycles. The Morgan fingerprint density at radius 1 is 0.873 bits per heavy atom. The number of ether oxygens (including phenoxy) is 2. The lowest BCUT2D eigenvalue weighted by Crippen LogP contribution is -2.53. The van der Waals surface area contributed by atoms with Gasteiger partial charge in [-0.3, -0.25) is 19.4 Å². The third-order valence-electron chi connectivity index (χ3n) is 10.9. The van der Waals surface area contributed by atoms with Crippen LogP contribution in [0, 0.1) is 11.6 Å². The zero-order valence-corrected chi connectivity index (χ0v) is 30.9. The Morgan fingerprint density at radius 3 is 2.35 bits per heavy atom. The van der Waals surface area contributed by atoms with Crippen molar-refractivity contribution in [3.05, 3.63) is 96.8 Å². The Bertz CT molecular complexity index is 2020. The van der Waals surface area contributed by atoms with Crippen molar-refractivity contribution in [2.75, 3.05) is 73.6 Å². The second-order valence-electron chi connectivity index (χ2n) is 14.4. The fraction of sp³-hybridized carbons (Fsp3) is 0.390. The van der Waals surface area contributed by atoms with E-state index < -0.39 is 11.6 Å². The van der Waals surface area contributed by atoms with E-state index in [4.69, 9.17) is 14.3 Å². The first-order valence-electron chi connectivity index (χ1n) is 19.0. The van der Waals surface area contributed by atoms with Gasteiger partial charge in [0.25, 0.3) is 0 Å². The molecule has 1 amide bonds. The maximum atomic E-state index is 14.8. The van der Waals surface area contributed by atoms with Gasteiger partial charge in [-0.2, -0.15) is 0 Å². The van der Waals surface area contributed by atoms with Gasteiger partial charge in [-0.15, -0.1) is 0 Å². The third-order valence-corrected chi connectivity index (χ3v) is 10.9. The fourth-order valence-electron chi connectivity index (χ4n) is 7.90. The summed E-state index contributed by atoms with van der Waals surface area (Å²) < 4.78 is 40.2. The highest BCUT2D eigenvalue weighted by molar-refractivity contribution is 6.02. The lowest BCUT2D eigenvalue weighted by Gasteiger charge is -2.43. The van der Waals surface area contributed by atoms with E-state index in [1.807, 2.05) is 12.1 Å². The van der Waals surface area contributed by atoms with Gasteiger partial charge in [-0.05, 0) is 67.7 Å². The largest absolute Gasteiger partial charge is 0.494 e. The van der Waals surface area contributed by atoms with Crippen LogP contribution in [0.3, 0.4) is 0 Å². The van der Waals surface area contributed by atoms with E-state index in [0.717, 1.165) is 69.4 Å². The summed E-state index contributed by atoms with van der Waals surface area (Å²) in [7, 11) is 1.61. The molecule has 1 saturated carbocycles. The molecule has 0 bridgehead atoms. The number of nitrogens with zero attached hydrogens (tertiary/aromatic N) is 6. The molecule has 14 heteroatoms. The minimum absolute atomic E-state index is 0.0264. The molecule has 1 aliphatic carbocycles. The van der Waals surface area contributed by atoms with Crippen molar-refractivity contribution in [2.24, 2.45) is 0 Å². The third kappa shape index (κ3) is 8.36. The number of rotatable bonds is 12. The van der Waals surface area contributed by atoms with E-state index in [1.54, 1.807) is 36.4 Å². The number of nitrogens with one attached hydrogen (secondary N) is 2. The van der Waals surface area contributed by atoms with E-state index >= 15 is 0 Å². The zero-order chi connectivity index (χ0) is 37.9. The van der Waals surface area contributed by atoms with Crippen molar-refractivity contribution in [1.29, 1.82) is 0 Å². The Hall–Kier alpha value is -5.31. The van der Waals surface area contributed by atoms with Gasteiger partial charge in [0.1, 0.15) is 29.5 Å². The smallest absolute Gasteiger partial charge is 0.247 e. The molecular weight excluding hydrogens is 706 g/mol. The topological polar surface area (TPSA) is 108 Å². The highest BCUT2D eigenvalue weighted by Crippen LogP contribution is 2.41. The number of halogens is 2. The monoisotopic (exact) mass is 752 g/mol. The van der Waals surface area contributed by atoms with Crippen molar-refractivity contribution in [2.45, 2.75) is 50.2 Å². The number of piperazine rings is 1. The highest BCUT2D eigenvalue weighted by Gasteiger charge is 2.34. The van der Waals surface area contributed by atoms with Crippen LogP contribution in [0.1, 0.15) is 43.7 Å². The second-order valence-corrected chi connectivity index (χ2v) is 14.4. The van der Waals surface area contributed by atoms with Crippen LogP contribution >= 0.6 is 0 Å². The van der Waals surface area contributed by atoms with Crippen LogP contribution in [0.5, 0.6) is 17.2 Å². The molecule has 1 atom stereocenters. The summed E-state index contributed by atoms with van der Waals surface area (Å²) in [4.78, 5) is 35.3. The molecule has 0 radical (unpaired) electrons. The summed E-state index contributed by atoms with van der Waals surface area (Å²) in [6.07, 6.45) is 8.09. The number of amides is 1. The van der Waals surface area contributed by atoms with Crippen molar-refractivity contribution >= 4 is 34.6 Å². The molecule has 0 spiro atoms. The maximum absolute atomic E-state index is 14.8. The second kappa shape index (κ2) is 16.2. The first-order valence-corrected chi connectivity index (χ1v) is 19.0. The summed E-state index contributed by atoms with van der Waals surface area (Å²) in [5.74, 6) is 0.319. The van der Waals surface area contributed by atoms with Crippen molar-refractivity contribution in [3.8, 4) is 17.2 Å². The van der Waals surface area contributed by atoms with Gasteiger partial charge in [-0.25, -0.2) is 23.8 Å². The van der Waals surface area contributed by atoms with E-state index in [9.17, 15) is 13.6 Å². The summed E-state index contributed by atoms with van der Waals surface area (Å²) in [6, 6.07) is 16.8. The number of anilines is 5. The minimum atomic E-state index is -0.572. The maximum Gasteiger partial charge on any atom is 0.247 e. The SMILES string of the molecule is C=CC(=O)Nc1cc(Nc2cc(N3OCC[C@@H]3c3ccc(F)c(Oc4cccc(F)c4)c3)ncn2)c(OC)cc1N1CCC(N2CCN(C3CC3)CC2)CC1. The van der Waals surface area contributed by atoms with Crippen LogP contribution in [0.2, 0.25) is 0 Å². The molecular formula is C41H46F2N8O4. The predicted octanol–water partition coefficient (Wildman–Crippen LogP) is 7.06. The molecule has 3 aliphatic heterocycles. The normalized spacial score (nSPS) is 19.7. The molecule has 55 heavy (non-hydrogen) atoms. The fourth-order valence-corrected chi connectivity index (χ4v) is 7.90. The molecule has 4 fully saturated rings.